The standard InChI is InChI=1S/C17H22N4O/c1-13(22)21-10-4-5-14(12-21)11-15-6-3-8-18-17(15)16-7-9-19-20(16)2/h3,6-9,14H,4-5,10-12H2,1-2H3/t14-/m0/s1. The van der Waals surface area contributed by atoms with Crippen LogP contribution < -0.4 is 0 Å². The highest BCUT2D eigenvalue weighted by Gasteiger charge is 2.23. The van der Waals surface area contributed by atoms with Crippen molar-refractivity contribution in [3.05, 3.63) is 36.2 Å². The Bertz CT molecular complexity index is 664. The molecule has 2 aromatic rings. The largest absolute Gasteiger partial charge is 0.343 e. The Morgan fingerprint density at radius 2 is 2.23 bits per heavy atom. The fourth-order valence-corrected chi connectivity index (χ4v) is 3.27. The van der Waals surface area contributed by atoms with Gasteiger partial charge in [0.05, 0.1) is 11.4 Å². The lowest BCUT2D eigenvalue weighted by Crippen LogP contribution is -2.39. The summed E-state index contributed by atoms with van der Waals surface area (Å²) < 4.78 is 1.86. The highest BCUT2D eigenvalue weighted by Crippen LogP contribution is 2.26. The normalized spacial score (nSPS) is 18.5. The van der Waals surface area contributed by atoms with E-state index in [1.54, 1.807) is 13.1 Å². The Kier molecular flexibility index (Phi) is 4.22. The van der Waals surface area contributed by atoms with Gasteiger partial charge in [0.15, 0.2) is 0 Å². The molecule has 22 heavy (non-hydrogen) atoms. The third-order valence-corrected chi connectivity index (χ3v) is 4.43. The number of pyridine rings is 1. The minimum absolute atomic E-state index is 0.183. The van der Waals surface area contributed by atoms with Gasteiger partial charge in [0.1, 0.15) is 0 Å². The van der Waals surface area contributed by atoms with Crippen LogP contribution >= 0.6 is 0 Å². The highest BCUT2D eigenvalue weighted by atomic mass is 16.2. The van der Waals surface area contributed by atoms with Crippen molar-refractivity contribution in [1.29, 1.82) is 0 Å². The predicted octanol–water partition coefficient (Wildman–Crippen LogP) is 2.28. The van der Waals surface area contributed by atoms with Crippen LogP contribution in [0.2, 0.25) is 0 Å². The van der Waals surface area contributed by atoms with Crippen molar-refractivity contribution in [3.63, 3.8) is 0 Å². The zero-order chi connectivity index (χ0) is 15.5. The van der Waals surface area contributed by atoms with Crippen LogP contribution in [0.25, 0.3) is 11.4 Å². The average Bonchev–Trinajstić information content (AvgIpc) is 2.94. The van der Waals surface area contributed by atoms with E-state index in [1.165, 1.54) is 12.0 Å². The summed E-state index contributed by atoms with van der Waals surface area (Å²) in [6.07, 6.45) is 6.84. The summed E-state index contributed by atoms with van der Waals surface area (Å²) in [6.45, 7) is 3.41. The SMILES string of the molecule is CC(=O)N1CCC[C@@H](Cc2cccnc2-c2ccnn2C)C1. The number of aromatic nitrogens is 3. The van der Waals surface area contributed by atoms with E-state index in [0.717, 1.165) is 37.3 Å². The molecule has 0 saturated carbocycles. The maximum Gasteiger partial charge on any atom is 0.219 e. The first kappa shape index (κ1) is 14.8. The van der Waals surface area contributed by atoms with E-state index in [4.69, 9.17) is 0 Å². The summed E-state index contributed by atoms with van der Waals surface area (Å²) in [5.74, 6) is 0.691. The molecule has 116 valence electrons. The summed E-state index contributed by atoms with van der Waals surface area (Å²) >= 11 is 0. The second-order valence-electron chi connectivity index (χ2n) is 6.03. The van der Waals surface area contributed by atoms with Crippen LogP contribution in [0.5, 0.6) is 0 Å². The Balaban J connectivity index is 1.81. The molecular weight excluding hydrogens is 276 g/mol. The van der Waals surface area contributed by atoms with Crippen molar-refractivity contribution < 1.29 is 4.79 Å². The summed E-state index contributed by atoms with van der Waals surface area (Å²) in [5.41, 5.74) is 3.28. The third-order valence-electron chi connectivity index (χ3n) is 4.43. The number of nitrogens with zero attached hydrogens (tertiary/aromatic N) is 4. The molecule has 0 aliphatic carbocycles. The topological polar surface area (TPSA) is 51.0 Å². The number of rotatable bonds is 3. The number of hydrogen-bond acceptors (Lipinski definition) is 3. The van der Waals surface area contributed by atoms with Gasteiger partial charge in [-0.1, -0.05) is 6.07 Å². The Morgan fingerprint density at radius 1 is 1.36 bits per heavy atom. The Morgan fingerprint density at radius 3 is 2.95 bits per heavy atom. The molecule has 3 heterocycles. The number of aryl methyl sites for hydroxylation is 1. The Hall–Kier alpha value is -2.17. The van der Waals surface area contributed by atoms with Gasteiger partial charge in [-0.2, -0.15) is 5.10 Å². The van der Waals surface area contributed by atoms with Crippen molar-refractivity contribution in [2.45, 2.75) is 26.2 Å². The molecule has 2 aromatic heterocycles. The molecule has 0 unspecified atom stereocenters. The molecule has 0 aromatic carbocycles. The number of piperidine rings is 1. The van der Waals surface area contributed by atoms with Gasteiger partial charge in [-0.15, -0.1) is 0 Å². The van der Waals surface area contributed by atoms with Gasteiger partial charge in [-0.3, -0.25) is 14.5 Å². The van der Waals surface area contributed by atoms with Crippen LogP contribution in [-0.2, 0) is 18.3 Å². The average molecular weight is 298 g/mol. The summed E-state index contributed by atoms with van der Waals surface area (Å²) in [5, 5.41) is 4.24. The Labute approximate surface area is 131 Å². The molecule has 0 spiro atoms. The van der Waals surface area contributed by atoms with E-state index >= 15 is 0 Å². The minimum atomic E-state index is 0.183. The number of amides is 1. The van der Waals surface area contributed by atoms with Gasteiger partial charge >= 0.3 is 0 Å². The highest BCUT2D eigenvalue weighted by molar-refractivity contribution is 5.73. The molecule has 0 radical (unpaired) electrons. The van der Waals surface area contributed by atoms with Gasteiger partial charge in [0, 0.05) is 39.5 Å². The predicted molar refractivity (Wildman–Crippen MR) is 85.1 cm³/mol. The van der Waals surface area contributed by atoms with Gasteiger partial charge in [-0.25, -0.2) is 0 Å². The van der Waals surface area contributed by atoms with Crippen molar-refractivity contribution in [2.75, 3.05) is 13.1 Å². The van der Waals surface area contributed by atoms with Crippen LogP contribution in [0, 0.1) is 5.92 Å². The van der Waals surface area contributed by atoms with Crippen molar-refractivity contribution >= 4 is 5.91 Å². The van der Waals surface area contributed by atoms with Crippen LogP contribution in [0.4, 0.5) is 0 Å². The zero-order valence-electron chi connectivity index (χ0n) is 13.2. The van der Waals surface area contributed by atoms with Gasteiger partial charge < -0.3 is 4.90 Å². The fraction of sp³-hybridized carbons (Fsp3) is 0.471. The van der Waals surface area contributed by atoms with Gasteiger partial charge in [0.25, 0.3) is 0 Å². The second-order valence-corrected chi connectivity index (χ2v) is 6.03. The molecule has 1 amide bonds. The molecule has 5 nitrogen and oxygen atoms in total. The van der Waals surface area contributed by atoms with Crippen LogP contribution in [0.1, 0.15) is 25.3 Å². The number of carbonyl (C=O) groups excluding carboxylic acids is 1. The van der Waals surface area contributed by atoms with Crippen molar-refractivity contribution in [2.24, 2.45) is 13.0 Å². The summed E-state index contributed by atoms with van der Waals surface area (Å²) in [4.78, 5) is 18.1. The van der Waals surface area contributed by atoms with E-state index in [1.807, 2.05) is 35.0 Å². The van der Waals surface area contributed by atoms with Gasteiger partial charge in [-0.05, 0) is 42.9 Å². The number of likely N-dealkylation sites (tertiary alicyclic amines) is 1. The molecule has 1 saturated heterocycles. The van der Waals surface area contributed by atoms with Crippen molar-refractivity contribution in [1.82, 2.24) is 19.7 Å². The lowest BCUT2D eigenvalue weighted by Gasteiger charge is -2.32. The fourth-order valence-electron chi connectivity index (χ4n) is 3.27. The maximum atomic E-state index is 11.6. The monoisotopic (exact) mass is 298 g/mol. The van der Waals surface area contributed by atoms with E-state index in [2.05, 4.69) is 16.1 Å². The van der Waals surface area contributed by atoms with Crippen LogP contribution in [0.15, 0.2) is 30.6 Å². The van der Waals surface area contributed by atoms with E-state index in [-0.39, 0.29) is 5.91 Å². The molecule has 1 atom stereocenters. The molecule has 0 bridgehead atoms. The quantitative estimate of drug-likeness (QED) is 0.873. The lowest BCUT2D eigenvalue weighted by atomic mass is 9.90. The maximum absolute atomic E-state index is 11.6. The van der Waals surface area contributed by atoms with E-state index < -0.39 is 0 Å². The van der Waals surface area contributed by atoms with E-state index in [9.17, 15) is 4.79 Å². The first-order valence-corrected chi connectivity index (χ1v) is 7.83. The minimum Gasteiger partial charge on any atom is -0.343 e. The molecule has 5 heteroatoms. The molecule has 1 aliphatic heterocycles. The second kappa shape index (κ2) is 6.30. The molecule has 3 rings (SSSR count). The third kappa shape index (κ3) is 3.03. The number of hydrogen-bond donors (Lipinski definition) is 0. The van der Waals surface area contributed by atoms with Crippen LogP contribution in [0.3, 0.4) is 0 Å². The van der Waals surface area contributed by atoms with Crippen molar-refractivity contribution in [3.8, 4) is 11.4 Å². The smallest absolute Gasteiger partial charge is 0.219 e. The van der Waals surface area contributed by atoms with Crippen LogP contribution in [-0.4, -0.2) is 38.7 Å². The first-order valence-electron chi connectivity index (χ1n) is 7.83. The summed E-state index contributed by atoms with van der Waals surface area (Å²) in [7, 11) is 1.94. The van der Waals surface area contributed by atoms with E-state index in [0.29, 0.717) is 5.92 Å². The molecule has 1 fully saturated rings. The molecule has 1 aliphatic rings. The van der Waals surface area contributed by atoms with Gasteiger partial charge in [0.2, 0.25) is 5.91 Å². The first-order chi connectivity index (χ1) is 10.6. The molecular formula is C17H22N4O. The number of carbonyl (C=O) groups is 1. The summed E-state index contributed by atoms with van der Waals surface area (Å²) in [6, 6.07) is 6.12. The zero-order valence-corrected chi connectivity index (χ0v) is 13.2. The lowest BCUT2D eigenvalue weighted by molar-refractivity contribution is -0.130. The molecule has 0 N–H and O–H groups in total.